The zero-order valence-corrected chi connectivity index (χ0v) is 13.7. The second kappa shape index (κ2) is 8.08. The molecule has 0 unspecified atom stereocenters. The summed E-state index contributed by atoms with van der Waals surface area (Å²) in [6, 6.07) is 19.8. The maximum atomic E-state index is 12.5. The van der Waals surface area contributed by atoms with Crippen molar-refractivity contribution < 1.29 is 14.6 Å². The zero-order chi connectivity index (χ0) is 16.8. The van der Waals surface area contributed by atoms with Crippen LogP contribution in [0.5, 0.6) is 0 Å². The van der Waals surface area contributed by atoms with Crippen molar-refractivity contribution in [1.82, 2.24) is 4.90 Å². The molecule has 0 bridgehead atoms. The number of ether oxygens (including phenoxy) is 1. The van der Waals surface area contributed by atoms with Crippen LogP contribution in [0.25, 0.3) is 0 Å². The second-order valence-electron chi connectivity index (χ2n) is 6.21. The molecule has 1 saturated heterocycles. The van der Waals surface area contributed by atoms with Crippen molar-refractivity contribution in [2.45, 2.75) is 25.7 Å². The largest absolute Gasteiger partial charge is 0.390 e. The lowest BCUT2D eigenvalue weighted by Gasteiger charge is -2.19. The number of benzene rings is 2. The highest BCUT2D eigenvalue weighted by Crippen LogP contribution is 2.23. The Morgan fingerprint density at radius 1 is 1.04 bits per heavy atom. The molecule has 3 rings (SSSR count). The van der Waals surface area contributed by atoms with E-state index in [4.69, 9.17) is 4.74 Å². The monoisotopic (exact) mass is 325 g/mol. The van der Waals surface area contributed by atoms with E-state index in [0.717, 1.165) is 11.1 Å². The Morgan fingerprint density at radius 2 is 1.67 bits per heavy atom. The van der Waals surface area contributed by atoms with Crippen LogP contribution in [0.1, 0.15) is 17.5 Å². The number of hydrogen-bond donors (Lipinski definition) is 1. The molecule has 126 valence electrons. The molecular weight excluding hydrogens is 302 g/mol. The zero-order valence-electron chi connectivity index (χ0n) is 13.7. The number of amides is 1. The summed E-state index contributed by atoms with van der Waals surface area (Å²) in [5.41, 5.74) is 2.18. The Morgan fingerprint density at radius 3 is 2.33 bits per heavy atom. The minimum absolute atomic E-state index is 0.0228. The van der Waals surface area contributed by atoms with Crippen LogP contribution in [0.4, 0.5) is 0 Å². The number of carbonyl (C=O) groups excluding carboxylic acids is 1. The van der Waals surface area contributed by atoms with E-state index in [1.165, 1.54) is 0 Å². The molecule has 1 aliphatic rings. The Hall–Kier alpha value is -2.17. The molecule has 0 saturated carbocycles. The lowest BCUT2D eigenvalue weighted by molar-refractivity contribution is -0.135. The highest BCUT2D eigenvalue weighted by Gasteiger charge is 2.36. The van der Waals surface area contributed by atoms with Crippen LogP contribution < -0.4 is 0 Å². The summed E-state index contributed by atoms with van der Waals surface area (Å²) in [6.07, 6.45) is -0.0661. The van der Waals surface area contributed by atoms with Gasteiger partial charge in [-0.2, -0.15) is 0 Å². The van der Waals surface area contributed by atoms with Crippen LogP contribution in [-0.2, 0) is 22.7 Å². The molecule has 1 aliphatic heterocycles. The van der Waals surface area contributed by atoms with Crippen molar-refractivity contribution in [2.24, 2.45) is 5.92 Å². The molecule has 2 atom stereocenters. The van der Waals surface area contributed by atoms with Crippen LogP contribution in [0, 0.1) is 5.92 Å². The van der Waals surface area contributed by atoms with Crippen molar-refractivity contribution in [3.63, 3.8) is 0 Å². The van der Waals surface area contributed by atoms with Gasteiger partial charge in [0.15, 0.2) is 0 Å². The van der Waals surface area contributed by atoms with Crippen LogP contribution >= 0.6 is 0 Å². The number of hydrogen-bond acceptors (Lipinski definition) is 3. The molecule has 2 aromatic rings. The summed E-state index contributed by atoms with van der Waals surface area (Å²) in [5, 5.41) is 10.3. The third kappa shape index (κ3) is 4.22. The molecular formula is C20H23NO3. The van der Waals surface area contributed by atoms with Gasteiger partial charge in [0.05, 0.1) is 25.2 Å². The Kier molecular flexibility index (Phi) is 5.62. The molecule has 0 aromatic heterocycles. The first-order valence-corrected chi connectivity index (χ1v) is 8.36. The smallest absolute Gasteiger partial charge is 0.228 e. The Balaban J connectivity index is 1.47. The van der Waals surface area contributed by atoms with E-state index in [0.29, 0.717) is 26.1 Å². The lowest BCUT2D eigenvalue weighted by atomic mass is 10.0. The van der Waals surface area contributed by atoms with Gasteiger partial charge in [-0.15, -0.1) is 0 Å². The standard InChI is InChI=1S/C20H23NO3/c22-19(15-24-14-17-9-5-2-6-10-17)18-11-12-21(20(18)23)13-16-7-3-1-4-8-16/h1-10,18-19,22H,11-15H2/t18-,19+/m1/s1. The quantitative estimate of drug-likeness (QED) is 0.851. The van der Waals surface area contributed by atoms with Gasteiger partial charge in [-0.05, 0) is 17.5 Å². The van der Waals surface area contributed by atoms with Gasteiger partial charge in [0, 0.05) is 13.1 Å². The highest BCUT2D eigenvalue weighted by molar-refractivity contribution is 5.81. The molecule has 1 amide bonds. The number of carbonyl (C=O) groups is 1. The van der Waals surface area contributed by atoms with Crippen molar-refractivity contribution in [3.05, 3.63) is 71.8 Å². The number of aliphatic hydroxyl groups is 1. The molecule has 4 nitrogen and oxygen atoms in total. The van der Waals surface area contributed by atoms with Crippen LogP contribution in [0.3, 0.4) is 0 Å². The molecule has 1 heterocycles. The predicted molar refractivity (Wildman–Crippen MR) is 92.1 cm³/mol. The van der Waals surface area contributed by atoms with Gasteiger partial charge in [-0.1, -0.05) is 60.7 Å². The summed E-state index contributed by atoms with van der Waals surface area (Å²) in [4.78, 5) is 14.3. The molecule has 0 radical (unpaired) electrons. The normalized spacial score (nSPS) is 18.8. The highest BCUT2D eigenvalue weighted by atomic mass is 16.5. The molecule has 0 aliphatic carbocycles. The first kappa shape index (κ1) is 16.7. The SMILES string of the molecule is O=C1[C@@H]([C@@H](O)COCc2ccccc2)CCN1Cc1ccccc1. The van der Waals surface area contributed by atoms with E-state index in [9.17, 15) is 9.90 Å². The summed E-state index contributed by atoms with van der Waals surface area (Å²) < 4.78 is 5.58. The van der Waals surface area contributed by atoms with Gasteiger partial charge in [0.25, 0.3) is 0 Å². The van der Waals surface area contributed by atoms with Gasteiger partial charge in [0.1, 0.15) is 0 Å². The molecule has 4 heteroatoms. The molecule has 1 N–H and O–H groups in total. The fourth-order valence-corrected chi connectivity index (χ4v) is 3.07. The number of rotatable bonds is 7. The average Bonchev–Trinajstić information content (AvgIpc) is 2.97. The van der Waals surface area contributed by atoms with Crippen molar-refractivity contribution >= 4 is 5.91 Å². The Labute approximate surface area is 142 Å². The number of aliphatic hydroxyl groups excluding tert-OH is 1. The summed E-state index contributed by atoms with van der Waals surface area (Å²) in [6.45, 7) is 1.93. The summed E-state index contributed by atoms with van der Waals surface area (Å²) in [7, 11) is 0. The lowest BCUT2D eigenvalue weighted by Crippen LogP contribution is -2.34. The molecule has 0 spiro atoms. The average molecular weight is 325 g/mol. The first-order valence-electron chi connectivity index (χ1n) is 8.36. The van der Waals surface area contributed by atoms with Gasteiger partial charge in [-0.25, -0.2) is 0 Å². The summed E-state index contributed by atoms with van der Waals surface area (Å²) >= 11 is 0. The van der Waals surface area contributed by atoms with E-state index in [2.05, 4.69) is 0 Å². The number of nitrogens with zero attached hydrogens (tertiary/aromatic N) is 1. The molecule has 24 heavy (non-hydrogen) atoms. The van der Waals surface area contributed by atoms with E-state index < -0.39 is 6.10 Å². The van der Waals surface area contributed by atoms with Gasteiger partial charge < -0.3 is 14.7 Å². The predicted octanol–water partition coefficient (Wildman–Crippen LogP) is 2.61. The van der Waals surface area contributed by atoms with E-state index in [1.54, 1.807) is 0 Å². The van der Waals surface area contributed by atoms with E-state index >= 15 is 0 Å². The first-order chi connectivity index (χ1) is 11.7. The van der Waals surface area contributed by atoms with Gasteiger partial charge >= 0.3 is 0 Å². The third-order valence-corrected chi connectivity index (χ3v) is 4.42. The topological polar surface area (TPSA) is 49.8 Å². The maximum Gasteiger partial charge on any atom is 0.228 e. The number of likely N-dealkylation sites (tertiary alicyclic amines) is 1. The van der Waals surface area contributed by atoms with Crippen LogP contribution in [0.2, 0.25) is 0 Å². The van der Waals surface area contributed by atoms with E-state index in [-0.39, 0.29) is 18.4 Å². The minimum Gasteiger partial charge on any atom is -0.390 e. The van der Waals surface area contributed by atoms with Crippen molar-refractivity contribution in [2.75, 3.05) is 13.2 Å². The van der Waals surface area contributed by atoms with Crippen LogP contribution in [0.15, 0.2) is 60.7 Å². The van der Waals surface area contributed by atoms with Crippen molar-refractivity contribution in [3.8, 4) is 0 Å². The van der Waals surface area contributed by atoms with Crippen LogP contribution in [-0.4, -0.2) is 35.2 Å². The maximum absolute atomic E-state index is 12.5. The Bertz CT molecular complexity index is 644. The van der Waals surface area contributed by atoms with E-state index in [1.807, 2.05) is 65.6 Å². The van der Waals surface area contributed by atoms with Gasteiger partial charge in [-0.3, -0.25) is 4.79 Å². The minimum atomic E-state index is -0.748. The third-order valence-electron chi connectivity index (χ3n) is 4.42. The van der Waals surface area contributed by atoms with Crippen molar-refractivity contribution in [1.29, 1.82) is 0 Å². The fourth-order valence-electron chi connectivity index (χ4n) is 3.07. The van der Waals surface area contributed by atoms with Gasteiger partial charge in [0.2, 0.25) is 5.91 Å². The summed E-state index contributed by atoms with van der Waals surface area (Å²) in [5.74, 6) is -0.334. The molecule has 2 aromatic carbocycles. The fraction of sp³-hybridized carbons (Fsp3) is 0.350. The molecule has 1 fully saturated rings. The second-order valence-corrected chi connectivity index (χ2v) is 6.21.